The SMILES string of the molecule is O=S1(=O)C(N2CC3CNCC(C3)C2)=Cc2ccccc21. The van der Waals surface area contributed by atoms with Gasteiger partial charge in [-0.05, 0) is 49.1 Å². The fraction of sp³-hybridized carbons (Fsp3) is 0.467. The smallest absolute Gasteiger partial charge is 0.222 e. The van der Waals surface area contributed by atoms with Crippen molar-refractivity contribution in [2.75, 3.05) is 26.2 Å². The standard InChI is InChI=1S/C15H18N2O2S/c18-20(19)14-4-2-1-3-13(14)6-15(20)17-9-11-5-12(10-17)8-16-7-11/h1-4,6,11-12,16H,5,7-10H2. The number of fused-ring (bicyclic) bond motifs is 3. The van der Waals surface area contributed by atoms with Crippen LogP contribution in [0.25, 0.3) is 6.08 Å². The van der Waals surface area contributed by atoms with Crippen molar-refractivity contribution >= 4 is 15.9 Å². The van der Waals surface area contributed by atoms with Crippen molar-refractivity contribution in [3.63, 3.8) is 0 Å². The molecule has 1 N–H and O–H groups in total. The van der Waals surface area contributed by atoms with Crippen LogP contribution in [0.4, 0.5) is 0 Å². The van der Waals surface area contributed by atoms with Crippen molar-refractivity contribution in [1.82, 2.24) is 10.2 Å². The molecule has 5 heteroatoms. The number of piperidine rings is 2. The molecule has 3 aliphatic rings. The minimum Gasteiger partial charge on any atom is -0.361 e. The molecule has 2 saturated heterocycles. The van der Waals surface area contributed by atoms with E-state index >= 15 is 0 Å². The Balaban J connectivity index is 1.70. The van der Waals surface area contributed by atoms with Crippen LogP contribution in [0.15, 0.2) is 34.2 Å². The van der Waals surface area contributed by atoms with Crippen LogP contribution in [-0.2, 0) is 9.84 Å². The van der Waals surface area contributed by atoms with Gasteiger partial charge in [0.25, 0.3) is 0 Å². The van der Waals surface area contributed by atoms with Gasteiger partial charge < -0.3 is 10.2 Å². The third-order valence-corrected chi connectivity index (χ3v) is 6.44. The predicted octanol–water partition coefficient (Wildman–Crippen LogP) is 1.31. The highest BCUT2D eigenvalue weighted by molar-refractivity contribution is 7.95. The molecular weight excluding hydrogens is 272 g/mol. The van der Waals surface area contributed by atoms with Crippen LogP contribution in [0.1, 0.15) is 12.0 Å². The lowest BCUT2D eigenvalue weighted by Crippen LogP contribution is -2.51. The number of rotatable bonds is 1. The number of benzene rings is 1. The Kier molecular flexibility index (Phi) is 2.69. The molecule has 2 bridgehead atoms. The maximum absolute atomic E-state index is 12.7. The van der Waals surface area contributed by atoms with Gasteiger partial charge in [-0.2, -0.15) is 0 Å². The zero-order valence-electron chi connectivity index (χ0n) is 11.2. The highest BCUT2D eigenvalue weighted by atomic mass is 32.2. The van der Waals surface area contributed by atoms with Crippen molar-refractivity contribution in [2.24, 2.45) is 11.8 Å². The molecule has 106 valence electrons. The van der Waals surface area contributed by atoms with Crippen LogP contribution in [-0.4, -0.2) is 39.5 Å². The fourth-order valence-electron chi connectivity index (χ4n) is 3.71. The van der Waals surface area contributed by atoms with E-state index in [1.54, 1.807) is 12.1 Å². The summed E-state index contributed by atoms with van der Waals surface area (Å²) in [5.41, 5.74) is 0.830. The maximum atomic E-state index is 12.7. The molecule has 4 nitrogen and oxygen atoms in total. The van der Waals surface area contributed by atoms with Gasteiger partial charge in [0.15, 0.2) is 0 Å². The first-order chi connectivity index (χ1) is 9.64. The van der Waals surface area contributed by atoms with Crippen molar-refractivity contribution in [1.29, 1.82) is 0 Å². The molecule has 2 atom stereocenters. The summed E-state index contributed by atoms with van der Waals surface area (Å²) in [6.45, 7) is 3.71. The van der Waals surface area contributed by atoms with E-state index < -0.39 is 9.84 Å². The van der Waals surface area contributed by atoms with Gasteiger partial charge in [0.05, 0.1) is 4.90 Å². The van der Waals surface area contributed by atoms with Crippen molar-refractivity contribution in [2.45, 2.75) is 11.3 Å². The van der Waals surface area contributed by atoms with Gasteiger partial charge in [-0.1, -0.05) is 18.2 Å². The summed E-state index contributed by atoms with van der Waals surface area (Å²) in [7, 11) is -3.31. The zero-order chi connectivity index (χ0) is 13.7. The Hall–Kier alpha value is -1.33. The second-order valence-corrected chi connectivity index (χ2v) is 7.92. The largest absolute Gasteiger partial charge is 0.361 e. The lowest BCUT2D eigenvalue weighted by Gasteiger charge is -2.42. The molecule has 3 heterocycles. The number of hydrogen-bond donors (Lipinski definition) is 1. The molecule has 1 aromatic rings. The van der Waals surface area contributed by atoms with Gasteiger partial charge in [0, 0.05) is 13.1 Å². The highest BCUT2D eigenvalue weighted by Crippen LogP contribution is 2.37. The second kappa shape index (κ2) is 4.33. The third kappa shape index (κ3) is 1.80. The van der Waals surface area contributed by atoms with Crippen LogP contribution >= 0.6 is 0 Å². The number of hydrogen-bond acceptors (Lipinski definition) is 4. The monoisotopic (exact) mass is 290 g/mol. The van der Waals surface area contributed by atoms with Gasteiger partial charge in [-0.15, -0.1) is 0 Å². The van der Waals surface area contributed by atoms with Crippen LogP contribution in [0.3, 0.4) is 0 Å². The Morgan fingerprint density at radius 2 is 1.80 bits per heavy atom. The van der Waals surface area contributed by atoms with Crippen LogP contribution in [0.2, 0.25) is 0 Å². The Bertz CT molecular complexity index is 669. The molecule has 0 amide bonds. The average molecular weight is 290 g/mol. The fourth-order valence-corrected chi connectivity index (χ4v) is 5.41. The summed E-state index contributed by atoms with van der Waals surface area (Å²) in [4.78, 5) is 2.55. The number of sulfone groups is 1. The number of nitrogens with zero attached hydrogens (tertiary/aromatic N) is 1. The summed E-state index contributed by atoms with van der Waals surface area (Å²) in [5.74, 6) is 1.14. The molecule has 4 rings (SSSR count). The number of likely N-dealkylation sites (tertiary alicyclic amines) is 1. The summed E-state index contributed by atoms with van der Waals surface area (Å²) >= 11 is 0. The third-order valence-electron chi connectivity index (χ3n) is 4.56. The zero-order valence-corrected chi connectivity index (χ0v) is 12.1. The van der Waals surface area contributed by atoms with E-state index in [4.69, 9.17) is 0 Å². The normalized spacial score (nSPS) is 30.8. The van der Waals surface area contributed by atoms with E-state index in [0.717, 1.165) is 31.7 Å². The predicted molar refractivity (Wildman–Crippen MR) is 77.6 cm³/mol. The van der Waals surface area contributed by atoms with E-state index in [9.17, 15) is 8.42 Å². The quantitative estimate of drug-likeness (QED) is 0.847. The minimum absolute atomic E-state index is 0.462. The summed E-state index contributed by atoms with van der Waals surface area (Å²) in [5, 5.41) is 3.95. The Morgan fingerprint density at radius 3 is 2.50 bits per heavy atom. The number of nitrogens with one attached hydrogen (secondary N) is 1. The van der Waals surface area contributed by atoms with Crippen LogP contribution in [0.5, 0.6) is 0 Å². The van der Waals surface area contributed by atoms with E-state index in [0.29, 0.717) is 21.8 Å². The Morgan fingerprint density at radius 1 is 1.10 bits per heavy atom. The molecule has 3 aliphatic heterocycles. The van der Waals surface area contributed by atoms with Crippen molar-refractivity contribution < 1.29 is 8.42 Å². The summed E-state index contributed by atoms with van der Waals surface area (Å²) in [6, 6.07) is 7.28. The topological polar surface area (TPSA) is 49.4 Å². The van der Waals surface area contributed by atoms with E-state index in [2.05, 4.69) is 10.2 Å². The molecule has 2 fully saturated rings. The highest BCUT2D eigenvalue weighted by Gasteiger charge is 2.38. The maximum Gasteiger partial charge on any atom is 0.222 e. The van der Waals surface area contributed by atoms with Crippen molar-refractivity contribution in [3.8, 4) is 0 Å². The van der Waals surface area contributed by atoms with Gasteiger partial charge in [0.2, 0.25) is 9.84 Å². The van der Waals surface area contributed by atoms with Gasteiger partial charge in [-0.25, -0.2) is 8.42 Å². The second-order valence-electron chi connectivity index (χ2n) is 6.05. The molecule has 0 spiro atoms. The van der Waals surface area contributed by atoms with Gasteiger partial charge in [0.1, 0.15) is 5.03 Å². The van der Waals surface area contributed by atoms with Crippen LogP contribution < -0.4 is 5.32 Å². The Labute approximate surface area is 119 Å². The lowest BCUT2D eigenvalue weighted by atomic mass is 9.86. The van der Waals surface area contributed by atoms with Gasteiger partial charge >= 0.3 is 0 Å². The molecule has 0 radical (unpaired) electrons. The first-order valence-electron chi connectivity index (χ1n) is 7.16. The molecule has 2 unspecified atom stereocenters. The molecule has 0 aliphatic carbocycles. The minimum atomic E-state index is -3.31. The van der Waals surface area contributed by atoms with Crippen molar-refractivity contribution in [3.05, 3.63) is 34.9 Å². The summed E-state index contributed by atoms with van der Waals surface area (Å²) in [6.07, 6.45) is 3.07. The lowest BCUT2D eigenvalue weighted by molar-refractivity contribution is 0.132. The molecule has 0 aromatic heterocycles. The van der Waals surface area contributed by atoms with Gasteiger partial charge in [-0.3, -0.25) is 0 Å². The molecular formula is C15H18N2O2S. The molecule has 1 aromatic carbocycles. The first kappa shape index (κ1) is 12.4. The van der Waals surface area contributed by atoms with Crippen LogP contribution in [0, 0.1) is 11.8 Å². The molecule has 0 saturated carbocycles. The average Bonchev–Trinajstić information content (AvgIpc) is 2.71. The summed E-state index contributed by atoms with van der Waals surface area (Å²) < 4.78 is 25.4. The van der Waals surface area contributed by atoms with E-state index in [1.807, 2.05) is 18.2 Å². The first-order valence-corrected chi connectivity index (χ1v) is 8.64. The molecule has 20 heavy (non-hydrogen) atoms. The van der Waals surface area contributed by atoms with E-state index in [-0.39, 0.29) is 0 Å². The van der Waals surface area contributed by atoms with E-state index in [1.165, 1.54) is 6.42 Å².